The summed E-state index contributed by atoms with van der Waals surface area (Å²) in [6.45, 7) is 5.05. The molecule has 6 nitrogen and oxygen atoms in total. The number of piperidine rings is 1. The van der Waals surface area contributed by atoms with Gasteiger partial charge in [-0.05, 0) is 53.4 Å². The number of ether oxygens (including phenoxy) is 1. The number of anilines is 1. The van der Waals surface area contributed by atoms with E-state index in [1.807, 2.05) is 18.7 Å². The van der Waals surface area contributed by atoms with Gasteiger partial charge < -0.3 is 20.3 Å². The molecular formula is C18H23BrF3N3O3. The van der Waals surface area contributed by atoms with Crippen molar-refractivity contribution < 1.29 is 27.5 Å². The lowest BCUT2D eigenvalue weighted by molar-refractivity contribution is -0.274. The largest absolute Gasteiger partial charge is 0.573 e. The Balaban J connectivity index is 1.83. The number of likely N-dealkylation sites (tertiary alicyclic amines) is 1. The fourth-order valence-electron chi connectivity index (χ4n) is 2.87. The molecule has 0 spiro atoms. The molecule has 1 aromatic carbocycles. The van der Waals surface area contributed by atoms with Crippen LogP contribution in [0.2, 0.25) is 0 Å². The smallest absolute Gasteiger partial charge is 0.405 e. The second-order valence-electron chi connectivity index (χ2n) is 6.70. The molecule has 0 radical (unpaired) electrons. The van der Waals surface area contributed by atoms with Crippen LogP contribution in [-0.4, -0.2) is 42.3 Å². The van der Waals surface area contributed by atoms with Crippen molar-refractivity contribution in [1.82, 2.24) is 10.2 Å². The van der Waals surface area contributed by atoms with Crippen LogP contribution in [-0.2, 0) is 4.79 Å². The number of halogens is 4. The lowest BCUT2D eigenvalue weighted by Gasteiger charge is -2.33. The predicted octanol–water partition coefficient (Wildman–Crippen LogP) is 4.51. The molecule has 1 fully saturated rings. The summed E-state index contributed by atoms with van der Waals surface area (Å²) in [5, 5.41) is 5.41. The molecule has 2 N–H and O–H groups in total. The van der Waals surface area contributed by atoms with Crippen LogP contribution in [0.3, 0.4) is 0 Å². The van der Waals surface area contributed by atoms with Crippen LogP contribution in [0.1, 0.15) is 33.1 Å². The van der Waals surface area contributed by atoms with Crippen LogP contribution in [0.4, 0.5) is 23.7 Å². The molecule has 1 heterocycles. The topological polar surface area (TPSA) is 70.7 Å². The Morgan fingerprint density at radius 3 is 2.50 bits per heavy atom. The molecule has 1 aliphatic heterocycles. The molecule has 1 unspecified atom stereocenters. The Hall–Kier alpha value is -1.97. The number of carbonyl (C=O) groups excluding carboxylic acids is 2. The van der Waals surface area contributed by atoms with E-state index in [4.69, 9.17) is 0 Å². The number of hydrogen-bond acceptors (Lipinski definition) is 3. The molecular weight excluding hydrogens is 443 g/mol. The zero-order chi connectivity index (χ0) is 20.9. The van der Waals surface area contributed by atoms with Crippen LogP contribution < -0.4 is 15.4 Å². The predicted molar refractivity (Wildman–Crippen MR) is 102 cm³/mol. The van der Waals surface area contributed by atoms with E-state index >= 15 is 0 Å². The van der Waals surface area contributed by atoms with Gasteiger partial charge in [0.25, 0.3) is 0 Å². The maximum absolute atomic E-state index is 12.3. The summed E-state index contributed by atoms with van der Waals surface area (Å²) >= 11 is 2.99. The van der Waals surface area contributed by atoms with E-state index in [0.717, 1.165) is 12.5 Å². The molecule has 0 bridgehead atoms. The van der Waals surface area contributed by atoms with Gasteiger partial charge in [0.05, 0.1) is 4.47 Å². The lowest BCUT2D eigenvalue weighted by Crippen LogP contribution is -2.48. The summed E-state index contributed by atoms with van der Waals surface area (Å²) in [5.74, 6) is -0.260. The van der Waals surface area contributed by atoms with Crippen LogP contribution in [0, 0.1) is 5.92 Å². The van der Waals surface area contributed by atoms with Gasteiger partial charge in [-0.2, -0.15) is 0 Å². The van der Waals surface area contributed by atoms with E-state index in [0.29, 0.717) is 31.6 Å². The van der Waals surface area contributed by atoms with E-state index in [-0.39, 0.29) is 22.3 Å². The third kappa shape index (κ3) is 6.57. The number of amides is 3. The normalized spacial score (nSPS) is 16.4. The lowest BCUT2D eigenvalue weighted by atomic mass is 10.0. The first-order valence-electron chi connectivity index (χ1n) is 9.00. The summed E-state index contributed by atoms with van der Waals surface area (Å²) in [6, 6.07) is 3.24. The van der Waals surface area contributed by atoms with Gasteiger partial charge in [-0.15, -0.1) is 13.2 Å². The number of nitrogens with one attached hydrogen (secondary N) is 2. The third-order valence-corrected chi connectivity index (χ3v) is 5.21. The molecule has 1 atom stereocenters. The van der Waals surface area contributed by atoms with E-state index in [1.165, 1.54) is 12.1 Å². The number of nitrogens with zero attached hydrogens (tertiary/aromatic N) is 1. The van der Waals surface area contributed by atoms with Crippen molar-refractivity contribution in [3.63, 3.8) is 0 Å². The first-order chi connectivity index (χ1) is 13.1. The molecule has 1 aliphatic rings. The van der Waals surface area contributed by atoms with Gasteiger partial charge in [0.2, 0.25) is 5.91 Å². The van der Waals surface area contributed by atoms with Crippen LogP contribution in [0.25, 0.3) is 0 Å². The number of urea groups is 1. The average molecular weight is 466 g/mol. The maximum Gasteiger partial charge on any atom is 0.573 e. The van der Waals surface area contributed by atoms with Crippen LogP contribution >= 0.6 is 15.9 Å². The minimum absolute atomic E-state index is 0.00412. The van der Waals surface area contributed by atoms with Crippen molar-refractivity contribution in [3.05, 3.63) is 22.7 Å². The fourth-order valence-corrected chi connectivity index (χ4v) is 3.33. The molecule has 0 saturated carbocycles. The highest BCUT2D eigenvalue weighted by Gasteiger charge is 2.32. The number of alkyl halides is 3. The Morgan fingerprint density at radius 1 is 1.32 bits per heavy atom. The summed E-state index contributed by atoms with van der Waals surface area (Å²) in [4.78, 5) is 26.2. The third-order valence-electron chi connectivity index (χ3n) is 4.59. The quantitative estimate of drug-likeness (QED) is 0.671. The molecule has 0 aromatic heterocycles. The number of hydrogen-bond donors (Lipinski definition) is 2. The summed E-state index contributed by atoms with van der Waals surface area (Å²) in [7, 11) is 0. The SMILES string of the molecule is CCC(C)C(=O)N1CCC(NC(=O)Nc2ccc(OC(F)(F)F)c(Br)c2)CC1. The van der Waals surface area contributed by atoms with Crippen molar-refractivity contribution in [2.45, 2.75) is 45.5 Å². The van der Waals surface area contributed by atoms with E-state index < -0.39 is 18.1 Å². The first-order valence-corrected chi connectivity index (χ1v) is 9.80. The van der Waals surface area contributed by atoms with Crippen molar-refractivity contribution >= 4 is 33.6 Å². The van der Waals surface area contributed by atoms with Gasteiger partial charge in [-0.1, -0.05) is 13.8 Å². The minimum atomic E-state index is -4.79. The molecule has 10 heteroatoms. The van der Waals surface area contributed by atoms with Gasteiger partial charge in [-0.25, -0.2) is 4.79 Å². The van der Waals surface area contributed by atoms with Gasteiger partial charge >= 0.3 is 12.4 Å². The minimum Gasteiger partial charge on any atom is -0.405 e. The highest BCUT2D eigenvalue weighted by Crippen LogP contribution is 2.32. The van der Waals surface area contributed by atoms with Crippen molar-refractivity contribution in [2.75, 3.05) is 18.4 Å². The summed E-state index contributed by atoms with van der Waals surface area (Å²) in [6.07, 6.45) is -2.70. The standard InChI is InChI=1S/C18H23BrF3N3O3/c1-3-11(2)16(26)25-8-6-12(7-9-25)23-17(27)24-13-4-5-15(14(19)10-13)28-18(20,21)22/h4-5,10-12H,3,6-9H2,1-2H3,(H2,23,24,27). The zero-order valence-electron chi connectivity index (χ0n) is 15.6. The Labute approximate surface area is 169 Å². The second-order valence-corrected chi connectivity index (χ2v) is 7.55. The van der Waals surface area contributed by atoms with Gasteiger partial charge in [0.15, 0.2) is 0 Å². The molecule has 2 rings (SSSR count). The molecule has 0 aliphatic carbocycles. The van der Waals surface area contributed by atoms with Crippen molar-refractivity contribution in [2.24, 2.45) is 5.92 Å². The van der Waals surface area contributed by atoms with E-state index in [2.05, 4.69) is 31.3 Å². The maximum atomic E-state index is 12.3. The monoisotopic (exact) mass is 465 g/mol. The van der Waals surface area contributed by atoms with E-state index in [9.17, 15) is 22.8 Å². The molecule has 28 heavy (non-hydrogen) atoms. The van der Waals surface area contributed by atoms with Crippen molar-refractivity contribution in [1.29, 1.82) is 0 Å². The number of carbonyl (C=O) groups is 2. The van der Waals surface area contributed by atoms with Gasteiger partial charge in [0, 0.05) is 30.7 Å². The summed E-state index contributed by atoms with van der Waals surface area (Å²) < 4.78 is 40.8. The van der Waals surface area contributed by atoms with E-state index in [1.54, 1.807) is 0 Å². The van der Waals surface area contributed by atoms with Crippen LogP contribution in [0.15, 0.2) is 22.7 Å². The second kappa shape index (κ2) is 9.49. The Morgan fingerprint density at radius 2 is 1.96 bits per heavy atom. The average Bonchev–Trinajstić information content (AvgIpc) is 2.62. The molecule has 1 saturated heterocycles. The number of benzene rings is 1. The van der Waals surface area contributed by atoms with Gasteiger partial charge in [0.1, 0.15) is 5.75 Å². The zero-order valence-corrected chi connectivity index (χ0v) is 17.2. The Bertz CT molecular complexity index is 707. The van der Waals surface area contributed by atoms with Crippen LogP contribution in [0.5, 0.6) is 5.75 Å². The van der Waals surface area contributed by atoms with Crippen molar-refractivity contribution in [3.8, 4) is 5.75 Å². The Kier molecular flexibility index (Phi) is 7.56. The molecule has 3 amide bonds. The van der Waals surface area contributed by atoms with Gasteiger partial charge in [-0.3, -0.25) is 4.79 Å². The first kappa shape index (κ1) is 22.3. The summed E-state index contributed by atoms with van der Waals surface area (Å²) in [5.41, 5.74) is 0.322. The molecule has 1 aromatic rings. The highest BCUT2D eigenvalue weighted by atomic mass is 79.9. The number of rotatable bonds is 5. The fraction of sp³-hybridized carbons (Fsp3) is 0.556. The molecule has 156 valence electrons. The highest BCUT2D eigenvalue weighted by molar-refractivity contribution is 9.10.